The molecular formula is C13H26N2O. The largest absolute Gasteiger partial charge is 0.338 e. The molecule has 94 valence electrons. The van der Waals surface area contributed by atoms with Crippen LogP contribution in [-0.4, -0.2) is 29.9 Å². The Labute approximate surface area is 99.4 Å². The summed E-state index contributed by atoms with van der Waals surface area (Å²) in [7, 11) is 0. The SMILES string of the molecule is CCCCCCC(=O)N1CCC(C)C1CN. The number of likely N-dealkylation sites (tertiary alicyclic amines) is 1. The van der Waals surface area contributed by atoms with Crippen LogP contribution in [0, 0.1) is 5.92 Å². The van der Waals surface area contributed by atoms with Crippen molar-refractivity contribution in [3.63, 3.8) is 0 Å². The Morgan fingerprint density at radius 3 is 2.75 bits per heavy atom. The van der Waals surface area contributed by atoms with Crippen molar-refractivity contribution in [3.05, 3.63) is 0 Å². The van der Waals surface area contributed by atoms with Crippen LogP contribution in [0.1, 0.15) is 52.4 Å². The van der Waals surface area contributed by atoms with Gasteiger partial charge in [-0.2, -0.15) is 0 Å². The number of hydrogen-bond acceptors (Lipinski definition) is 2. The van der Waals surface area contributed by atoms with E-state index < -0.39 is 0 Å². The lowest BCUT2D eigenvalue weighted by atomic mass is 10.0. The van der Waals surface area contributed by atoms with Crippen LogP contribution >= 0.6 is 0 Å². The van der Waals surface area contributed by atoms with Gasteiger partial charge in [-0.25, -0.2) is 0 Å². The van der Waals surface area contributed by atoms with Gasteiger partial charge in [0.15, 0.2) is 0 Å². The van der Waals surface area contributed by atoms with E-state index in [1.54, 1.807) is 0 Å². The third-order valence-electron chi connectivity index (χ3n) is 3.69. The molecule has 1 heterocycles. The number of unbranched alkanes of at least 4 members (excludes halogenated alkanes) is 3. The lowest BCUT2D eigenvalue weighted by molar-refractivity contribution is -0.132. The van der Waals surface area contributed by atoms with Gasteiger partial charge in [-0.1, -0.05) is 33.1 Å². The maximum Gasteiger partial charge on any atom is 0.222 e. The fourth-order valence-corrected chi connectivity index (χ4v) is 2.52. The standard InChI is InChI=1S/C13H26N2O/c1-3-4-5-6-7-13(16)15-9-8-11(2)12(15)10-14/h11-12H,3-10,14H2,1-2H3. The topological polar surface area (TPSA) is 46.3 Å². The summed E-state index contributed by atoms with van der Waals surface area (Å²) in [5, 5.41) is 0. The molecule has 0 aromatic carbocycles. The van der Waals surface area contributed by atoms with Gasteiger partial charge in [-0.3, -0.25) is 4.79 Å². The second-order valence-electron chi connectivity index (χ2n) is 4.97. The van der Waals surface area contributed by atoms with E-state index in [9.17, 15) is 4.79 Å². The van der Waals surface area contributed by atoms with Gasteiger partial charge in [0.25, 0.3) is 0 Å². The van der Waals surface area contributed by atoms with Gasteiger partial charge in [0.1, 0.15) is 0 Å². The second-order valence-corrected chi connectivity index (χ2v) is 4.97. The van der Waals surface area contributed by atoms with E-state index in [0.717, 1.165) is 19.4 Å². The molecule has 1 amide bonds. The number of hydrogen-bond donors (Lipinski definition) is 1. The van der Waals surface area contributed by atoms with Crippen LogP contribution in [0.3, 0.4) is 0 Å². The number of nitrogens with zero attached hydrogens (tertiary/aromatic N) is 1. The van der Waals surface area contributed by atoms with E-state index in [1.807, 2.05) is 4.90 Å². The predicted octanol–water partition coefficient (Wildman–Crippen LogP) is 2.15. The minimum absolute atomic E-state index is 0.290. The van der Waals surface area contributed by atoms with Crippen LogP contribution in [0.15, 0.2) is 0 Å². The molecule has 0 aromatic heterocycles. The number of carbonyl (C=O) groups excluding carboxylic acids is 1. The molecule has 3 heteroatoms. The summed E-state index contributed by atoms with van der Waals surface area (Å²) in [6.07, 6.45) is 6.50. The molecule has 1 rings (SSSR count). The van der Waals surface area contributed by atoms with E-state index in [4.69, 9.17) is 5.73 Å². The van der Waals surface area contributed by atoms with Crippen LogP contribution in [0.2, 0.25) is 0 Å². The number of carbonyl (C=O) groups is 1. The fraction of sp³-hybridized carbons (Fsp3) is 0.923. The molecule has 2 unspecified atom stereocenters. The summed E-state index contributed by atoms with van der Waals surface area (Å²) in [5.74, 6) is 0.889. The van der Waals surface area contributed by atoms with E-state index in [2.05, 4.69) is 13.8 Å². The first-order valence-electron chi connectivity index (χ1n) is 6.70. The first-order chi connectivity index (χ1) is 7.70. The van der Waals surface area contributed by atoms with Crippen LogP contribution < -0.4 is 5.73 Å². The lowest BCUT2D eigenvalue weighted by Crippen LogP contribution is -2.42. The van der Waals surface area contributed by atoms with E-state index in [1.165, 1.54) is 19.3 Å². The summed E-state index contributed by atoms with van der Waals surface area (Å²) in [6.45, 7) is 5.91. The lowest BCUT2D eigenvalue weighted by Gasteiger charge is -2.25. The van der Waals surface area contributed by atoms with Crippen LogP contribution in [0.4, 0.5) is 0 Å². The highest BCUT2D eigenvalue weighted by atomic mass is 16.2. The van der Waals surface area contributed by atoms with Gasteiger partial charge in [-0.05, 0) is 18.8 Å². The van der Waals surface area contributed by atoms with Gasteiger partial charge in [0.05, 0.1) is 0 Å². The molecule has 1 aliphatic rings. The summed E-state index contributed by atoms with van der Waals surface area (Å²) in [4.78, 5) is 14.0. The Hall–Kier alpha value is -0.570. The van der Waals surface area contributed by atoms with Crippen molar-refractivity contribution in [1.29, 1.82) is 0 Å². The average Bonchev–Trinajstić information content (AvgIpc) is 2.65. The Kier molecular flexibility index (Phi) is 5.81. The first-order valence-corrected chi connectivity index (χ1v) is 6.70. The van der Waals surface area contributed by atoms with Crippen molar-refractivity contribution < 1.29 is 4.79 Å². The molecule has 3 nitrogen and oxygen atoms in total. The Balaban J connectivity index is 2.30. The Morgan fingerprint density at radius 2 is 2.12 bits per heavy atom. The number of rotatable bonds is 6. The third-order valence-corrected chi connectivity index (χ3v) is 3.69. The zero-order chi connectivity index (χ0) is 12.0. The first kappa shape index (κ1) is 13.5. The molecule has 0 bridgehead atoms. The van der Waals surface area contributed by atoms with Gasteiger partial charge < -0.3 is 10.6 Å². The smallest absolute Gasteiger partial charge is 0.222 e. The zero-order valence-electron chi connectivity index (χ0n) is 10.7. The summed E-state index contributed by atoms with van der Waals surface area (Å²) < 4.78 is 0. The number of nitrogens with two attached hydrogens (primary N) is 1. The second kappa shape index (κ2) is 6.89. The monoisotopic (exact) mass is 226 g/mol. The average molecular weight is 226 g/mol. The Bertz CT molecular complexity index is 218. The molecule has 2 N–H and O–H groups in total. The van der Waals surface area contributed by atoms with E-state index in [-0.39, 0.29) is 0 Å². The molecule has 16 heavy (non-hydrogen) atoms. The van der Waals surface area contributed by atoms with Crippen LogP contribution in [-0.2, 0) is 4.79 Å². The summed E-state index contributed by atoms with van der Waals surface area (Å²) in [5.41, 5.74) is 5.73. The molecule has 0 spiro atoms. The molecule has 0 saturated carbocycles. The molecule has 1 fully saturated rings. The highest BCUT2D eigenvalue weighted by Gasteiger charge is 2.32. The van der Waals surface area contributed by atoms with Crippen molar-refractivity contribution >= 4 is 5.91 Å². The van der Waals surface area contributed by atoms with Gasteiger partial charge in [0.2, 0.25) is 5.91 Å². The van der Waals surface area contributed by atoms with Gasteiger partial charge in [0, 0.05) is 25.6 Å². The normalized spacial score (nSPS) is 25.1. The maximum absolute atomic E-state index is 12.0. The third kappa shape index (κ3) is 3.48. The molecule has 0 aliphatic carbocycles. The molecule has 0 radical (unpaired) electrons. The highest BCUT2D eigenvalue weighted by Crippen LogP contribution is 2.24. The van der Waals surface area contributed by atoms with Crippen molar-refractivity contribution in [2.75, 3.05) is 13.1 Å². The minimum Gasteiger partial charge on any atom is -0.338 e. The zero-order valence-corrected chi connectivity index (χ0v) is 10.7. The van der Waals surface area contributed by atoms with Crippen molar-refractivity contribution in [2.24, 2.45) is 11.7 Å². The summed E-state index contributed by atoms with van der Waals surface area (Å²) in [6, 6.07) is 0.290. The van der Waals surface area contributed by atoms with Crippen molar-refractivity contribution in [2.45, 2.75) is 58.4 Å². The van der Waals surface area contributed by atoms with Gasteiger partial charge in [-0.15, -0.1) is 0 Å². The molecule has 1 aliphatic heterocycles. The fourth-order valence-electron chi connectivity index (χ4n) is 2.52. The molecule has 2 atom stereocenters. The van der Waals surface area contributed by atoms with Gasteiger partial charge >= 0.3 is 0 Å². The molecular weight excluding hydrogens is 200 g/mol. The Morgan fingerprint density at radius 1 is 1.38 bits per heavy atom. The van der Waals surface area contributed by atoms with Crippen LogP contribution in [0.5, 0.6) is 0 Å². The predicted molar refractivity (Wildman–Crippen MR) is 67.1 cm³/mol. The molecule has 1 saturated heterocycles. The van der Waals surface area contributed by atoms with Crippen LogP contribution in [0.25, 0.3) is 0 Å². The van der Waals surface area contributed by atoms with E-state index in [0.29, 0.717) is 30.8 Å². The molecule has 0 aromatic rings. The summed E-state index contributed by atoms with van der Waals surface area (Å²) >= 11 is 0. The number of amides is 1. The quantitative estimate of drug-likeness (QED) is 0.705. The maximum atomic E-state index is 12.0. The van der Waals surface area contributed by atoms with Crippen molar-refractivity contribution in [3.8, 4) is 0 Å². The van der Waals surface area contributed by atoms with Crippen molar-refractivity contribution in [1.82, 2.24) is 4.90 Å². The van der Waals surface area contributed by atoms with E-state index >= 15 is 0 Å². The minimum atomic E-state index is 0.290. The highest BCUT2D eigenvalue weighted by molar-refractivity contribution is 5.76.